The van der Waals surface area contributed by atoms with Crippen molar-refractivity contribution in [1.82, 2.24) is 9.55 Å². The van der Waals surface area contributed by atoms with E-state index in [0.717, 1.165) is 24.0 Å². The van der Waals surface area contributed by atoms with Crippen molar-refractivity contribution < 1.29 is 4.79 Å². The van der Waals surface area contributed by atoms with E-state index in [4.69, 9.17) is 0 Å². The predicted octanol–water partition coefficient (Wildman–Crippen LogP) is 5.45. The van der Waals surface area contributed by atoms with Gasteiger partial charge in [0.15, 0.2) is 5.78 Å². The van der Waals surface area contributed by atoms with Crippen molar-refractivity contribution in [3.63, 3.8) is 0 Å². The molecule has 0 spiro atoms. The third-order valence-corrected chi connectivity index (χ3v) is 6.92. The lowest BCUT2D eigenvalue weighted by atomic mass is 9.89. The van der Waals surface area contributed by atoms with Crippen LogP contribution in [0.25, 0.3) is 21.3 Å². The zero-order valence-electron chi connectivity index (χ0n) is 16.8. The Kier molecular flexibility index (Phi) is 4.83. The smallest absolute Gasteiger partial charge is 0.263 e. The topological polar surface area (TPSA) is 52.0 Å². The number of aromatic nitrogens is 2. The molecule has 0 amide bonds. The van der Waals surface area contributed by atoms with E-state index in [1.165, 1.54) is 46.2 Å². The van der Waals surface area contributed by atoms with Gasteiger partial charge in [-0.1, -0.05) is 48.5 Å². The average molecular weight is 415 g/mol. The second kappa shape index (κ2) is 7.65. The van der Waals surface area contributed by atoms with Crippen LogP contribution < -0.4 is 5.56 Å². The Labute approximate surface area is 178 Å². The Balaban J connectivity index is 1.60. The maximum absolute atomic E-state index is 13.4. The Morgan fingerprint density at radius 1 is 1.07 bits per heavy atom. The highest BCUT2D eigenvalue weighted by atomic mass is 32.1. The van der Waals surface area contributed by atoms with Crippen molar-refractivity contribution in [3.8, 4) is 11.1 Å². The van der Waals surface area contributed by atoms with E-state index in [1.807, 2.05) is 23.6 Å². The van der Waals surface area contributed by atoms with Gasteiger partial charge in [-0.15, -0.1) is 11.3 Å². The van der Waals surface area contributed by atoms with E-state index in [-0.39, 0.29) is 11.3 Å². The van der Waals surface area contributed by atoms with Gasteiger partial charge in [0, 0.05) is 16.5 Å². The summed E-state index contributed by atoms with van der Waals surface area (Å²) in [6.07, 6.45) is 6.19. The third kappa shape index (κ3) is 3.19. The van der Waals surface area contributed by atoms with E-state index in [2.05, 4.69) is 23.2 Å². The molecular weight excluding hydrogens is 392 g/mol. The molecule has 5 rings (SSSR count). The number of carbonyl (C=O) groups excluding carboxylic acids is 1. The molecule has 0 N–H and O–H groups in total. The molecule has 1 aliphatic rings. The zero-order chi connectivity index (χ0) is 20.7. The number of hydrogen-bond donors (Lipinski definition) is 0. The van der Waals surface area contributed by atoms with Gasteiger partial charge in [0.25, 0.3) is 5.56 Å². The molecule has 0 aliphatic heterocycles. The van der Waals surface area contributed by atoms with Crippen LogP contribution in [0, 0.1) is 0 Å². The summed E-state index contributed by atoms with van der Waals surface area (Å²) in [6, 6.07) is 15.0. The van der Waals surface area contributed by atoms with E-state index in [9.17, 15) is 9.59 Å². The number of nitrogens with zero attached hydrogens (tertiary/aromatic N) is 2. The van der Waals surface area contributed by atoms with Crippen LogP contribution in [-0.2, 0) is 12.8 Å². The second-order valence-corrected chi connectivity index (χ2v) is 8.74. The van der Waals surface area contributed by atoms with Gasteiger partial charge in [0.1, 0.15) is 4.83 Å². The molecule has 0 saturated carbocycles. The van der Waals surface area contributed by atoms with Crippen LogP contribution in [0.2, 0.25) is 0 Å². The molecule has 4 nitrogen and oxygen atoms in total. The molecule has 0 radical (unpaired) electrons. The van der Waals surface area contributed by atoms with E-state index in [1.54, 1.807) is 19.1 Å². The van der Waals surface area contributed by atoms with Crippen LogP contribution in [0.15, 0.2) is 65.0 Å². The van der Waals surface area contributed by atoms with Crippen molar-refractivity contribution >= 4 is 27.3 Å². The van der Waals surface area contributed by atoms with Crippen molar-refractivity contribution in [1.29, 1.82) is 0 Å². The molecule has 0 saturated heterocycles. The molecule has 1 aliphatic carbocycles. The summed E-state index contributed by atoms with van der Waals surface area (Å²) in [4.78, 5) is 31.5. The fourth-order valence-corrected chi connectivity index (χ4v) is 5.21. The van der Waals surface area contributed by atoms with Crippen LogP contribution in [0.1, 0.15) is 47.3 Å². The molecule has 2 heterocycles. The standard InChI is InChI=1S/C25H22N2O2S/c1-16(23(28)18-8-3-2-4-9-18)27-15-26-24-22(25(27)29)21(14-30-24)20-12-11-17-7-5-6-10-19(17)13-20/h2-4,8-9,11-16H,5-7,10H2,1H3/t16-/m0/s1. The van der Waals surface area contributed by atoms with Crippen LogP contribution in [-0.4, -0.2) is 15.3 Å². The summed E-state index contributed by atoms with van der Waals surface area (Å²) in [6.45, 7) is 1.76. The highest BCUT2D eigenvalue weighted by Gasteiger charge is 2.21. The average Bonchev–Trinajstić information content (AvgIpc) is 3.24. The van der Waals surface area contributed by atoms with Gasteiger partial charge in [-0.2, -0.15) is 0 Å². The lowest BCUT2D eigenvalue weighted by Crippen LogP contribution is -2.28. The molecule has 30 heavy (non-hydrogen) atoms. The fourth-order valence-electron chi connectivity index (χ4n) is 4.30. The molecule has 4 aromatic rings. The number of benzene rings is 2. The van der Waals surface area contributed by atoms with Crippen molar-refractivity contribution in [2.24, 2.45) is 0 Å². The first kappa shape index (κ1) is 18.9. The van der Waals surface area contributed by atoms with Crippen LogP contribution in [0.3, 0.4) is 0 Å². The highest BCUT2D eigenvalue weighted by Crippen LogP contribution is 2.33. The Morgan fingerprint density at radius 3 is 2.63 bits per heavy atom. The maximum atomic E-state index is 13.4. The summed E-state index contributed by atoms with van der Waals surface area (Å²) < 4.78 is 1.46. The number of Topliss-reactive ketones (excluding diaryl/α,β-unsaturated/α-hetero) is 1. The molecule has 0 bridgehead atoms. The molecule has 0 fully saturated rings. The first-order chi connectivity index (χ1) is 14.6. The number of carbonyl (C=O) groups is 1. The first-order valence-corrected chi connectivity index (χ1v) is 11.2. The quantitative estimate of drug-likeness (QED) is 0.417. The number of thiophene rings is 1. The van der Waals surface area contributed by atoms with E-state index in [0.29, 0.717) is 15.8 Å². The Hall–Kier alpha value is -3.05. The lowest BCUT2D eigenvalue weighted by molar-refractivity contribution is 0.0932. The number of aryl methyl sites for hydroxylation is 2. The lowest BCUT2D eigenvalue weighted by Gasteiger charge is -2.17. The Bertz CT molecular complexity index is 1300. The minimum atomic E-state index is -0.618. The zero-order valence-corrected chi connectivity index (χ0v) is 17.6. The van der Waals surface area contributed by atoms with Gasteiger partial charge in [0.05, 0.1) is 17.8 Å². The highest BCUT2D eigenvalue weighted by molar-refractivity contribution is 7.17. The Morgan fingerprint density at radius 2 is 1.83 bits per heavy atom. The van der Waals surface area contributed by atoms with Gasteiger partial charge >= 0.3 is 0 Å². The van der Waals surface area contributed by atoms with Gasteiger partial charge in [-0.05, 0) is 49.3 Å². The first-order valence-electron chi connectivity index (χ1n) is 10.3. The maximum Gasteiger partial charge on any atom is 0.263 e. The molecule has 0 unspecified atom stereocenters. The van der Waals surface area contributed by atoms with Gasteiger partial charge < -0.3 is 0 Å². The van der Waals surface area contributed by atoms with E-state index >= 15 is 0 Å². The summed E-state index contributed by atoms with van der Waals surface area (Å²) in [5.41, 5.74) is 5.20. The van der Waals surface area contributed by atoms with Gasteiger partial charge in [-0.3, -0.25) is 14.2 Å². The largest absolute Gasteiger partial charge is 0.292 e. The van der Waals surface area contributed by atoms with Crippen molar-refractivity contribution in [3.05, 3.63) is 87.3 Å². The normalized spacial score (nSPS) is 14.4. The summed E-state index contributed by atoms with van der Waals surface area (Å²) in [5.74, 6) is -0.0931. The number of fused-ring (bicyclic) bond motifs is 2. The summed E-state index contributed by atoms with van der Waals surface area (Å²) in [5, 5.41) is 2.61. The number of ketones is 1. The van der Waals surface area contributed by atoms with Crippen molar-refractivity contribution in [2.75, 3.05) is 0 Å². The molecular formula is C25H22N2O2S. The molecule has 5 heteroatoms. The SMILES string of the molecule is C[C@@H](C(=O)c1ccccc1)n1cnc2scc(-c3ccc4c(c3)CCCC4)c2c1=O. The third-order valence-electron chi connectivity index (χ3n) is 6.03. The van der Waals surface area contributed by atoms with Crippen LogP contribution >= 0.6 is 11.3 Å². The number of rotatable bonds is 4. The summed E-state index contributed by atoms with van der Waals surface area (Å²) in [7, 11) is 0. The second-order valence-electron chi connectivity index (χ2n) is 7.88. The molecule has 1 atom stereocenters. The minimum Gasteiger partial charge on any atom is -0.292 e. The fraction of sp³-hybridized carbons (Fsp3) is 0.240. The molecule has 2 aromatic carbocycles. The van der Waals surface area contributed by atoms with Crippen molar-refractivity contribution in [2.45, 2.75) is 38.6 Å². The van der Waals surface area contributed by atoms with Crippen LogP contribution in [0.5, 0.6) is 0 Å². The molecule has 2 aromatic heterocycles. The predicted molar refractivity (Wildman–Crippen MR) is 121 cm³/mol. The number of hydrogen-bond acceptors (Lipinski definition) is 4. The van der Waals surface area contributed by atoms with Gasteiger partial charge in [0.2, 0.25) is 0 Å². The monoisotopic (exact) mass is 414 g/mol. The van der Waals surface area contributed by atoms with Crippen LogP contribution in [0.4, 0.5) is 0 Å². The minimum absolute atomic E-state index is 0.0931. The van der Waals surface area contributed by atoms with E-state index < -0.39 is 6.04 Å². The van der Waals surface area contributed by atoms with Gasteiger partial charge in [-0.25, -0.2) is 4.98 Å². The molecule has 150 valence electrons. The summed E-state index contributed by atoms with van der Waals surface area (Å²) >= 11 is 1.48.